The molecule has 2 aromatic heterocycles. The summed E-state index contributed by atoms with van der Waals surface area (Å²) in [6.45, 7) is 4.52. The van der Waals surface area contributed by atoms with Gasteiger partial charge in [0.05, 0.1) is 18.4 Å². The zero-order valence-electron chi connectivity index (χ0n) is 14.1. The van der Waals surface area contributed by atoms with Crippen molar-refractivity contribution in [2.45, 2.75) is 32.9 Å². The standard InChI is InChI=1S/C19H19ClN4O/c1-2-18-21-9-14-7-8-24(11-16(14)23-18)12-19-22-10-17(25-19)13-3-5-15(20)6-4-13/h3-6,9-10H,2,7-8,11-12H2,1H3. The van der Waals surface area contributed by atoms with E-state index in [2.05, 4.69) is 26.8 Å². The minimum Gasteiger partial charge on any atom is -0.439 e. The van der Waals surface area contributed by atoms with E-state index in [4.69, 9.17) is 16.0 Å². The summed E-state index contributed by atoms with van der Waals surface area (Å²) in [6.07, 6.45) is 5.57. The molecule has 4 rings (SSSR count). The molecule has 3 heterocycles. The normalized spacial score (nSPS) is 14.5. The van der Waals surface area contributed by atoms with Gasteiger partial charge in [0.25, 0.3) is 0 Å². The molecule has 0 spiro atoms. The molecule has 0 unspecified atom stereocenters. The van der Waals surface area contributed by atoms with Crippen LogP contribution in [0.4, 0.5) is 0 Å². The molecule has 0 saturated carbocycles. The van der Waals surface area contributed by atoms with Gasteiger partial charge in [0.1, 0.15) is 5.82 Å². The SMILES string of the molecule is CCc1ncc2c(n1)CN(Cc1ncc(-c3ccc(Cl)cc3)o1)CC2. The van der Waals surface area contributed by atoms with Gasteiger partial charge in [0, 0.05) is 36.3 Å². The highest BCUT2D eigenvalue weighted by Gasteiger charge is 2.20. The Balaban J connectivity index is 1.47. The average molecular weight is 355 g/mol. The number of halogens is 1. The number of nitrogens with zero attached hydrogens (tertiary/aromatic N) is 4. The van der Waals surface area contributed by atoms with Crippen molar-refractivity contribution in [3.8, 4) is 11.3 Å². The Kier molecular flexibility index (Phi) is 4.51. The molecule has 1 aliphatic rings. The average Bonchev–Trinajstić information content (AvgIpc) is 3.10. The number of oxazole rings is 1. The second-order valence-electron chi connectivity index (χ2n) is 6.20. The Morgan fingerprint density at radius 3 is 2.80 bits per heavy atom. The van der Waals surface area contributed by atoms with Crippen molar-refractivity contribution in [3.63, 3.8) is 0 Å². The lowest BCUT2D eigenvalue weighted by Gasteiger charge is -2.26. The lowest BCUT2D eigenvalue weighted by atomic mass is 10.1. The van der Waals surface area contributed by atoms with Gasteiger partial charge in [-0.15, -0.1) is 0 Å². The first kappa shape index (κ1) is 16.2. The van der Waals surface area contributed by atoms with Gasteiger partial charge in [-0.25, -0.2) is 15.0 Å². The van der Waals surface area contributed by atoms with Crippen molar-refractivity contribution in [2.75, 3.05) is 6.54 Å². The largest absolute Gasteiger partial charge is 0.439 e. The second-order valence-corrected chi connectivity index (χ2v) is 6.63. The van der Waals surface area contributed by atoms with E-state index < -0.39 is 0 Å². The van der Waals surface area contributed by atoms with Gasteiger partial charge < -0.3 is 4.42 Å². The van der Waals surface area contributed by atoms with Crippen molar-refractivity contribution in [3.05, 3.63) is 64.7 Å². The van der Waals surface area contributed by atoms with Crippen molar-refractivity contribution >= 4 is 11.6 Å². The molecular weight excluding hydrogens is 336 g/mol. The number of aromatic nitrogens is 3. The van der Waals surface area contributed by atoms with Gasteiger partial charge in [-0.2, -0.15) is 0 Å². The first-order valence-corrected chi connectivity index (χ1v) is 8.85. The Morgan fingerprint density at radius 2 is 2.00 bits per heavy atom. The van der Waals surface area contributed by atoms with Gasteiger partial charge in [-0.3, -0.25) is 4.90 Å². The third-order valence-electron chi connectivity index (χ3n) is 4.43. The highest BCUT2D eigenvalue weighted by molar-refractivity contribution is 6.30. The fraction of sp³-hybridized carbons (Fsp3) is 0.316. The highest BCUT2D eigenvalue weighted by Crippen LogP contribution is 2.24. The number of fused-ring (bicyclic) bond motifs is 1. The summed E-state index contributed by atoms with van der Waals surface area (Å²) in [5, 5.41) is 0.712. The molecule has 1 aliphatic heterocycles. The molecule has 0 saturated heterocycles. The number of hydrogen-bond donors (Lipinski definition) is 0. The maximum Gasteiger partial charge on any atom is 0.209 e. The van der Waals surface area contributed by atoms with E-state index in [0.29, 0.717) is 11.6 Å². The molecule has 0 fully saturated rings. The molecule has 0 aliphatic carbocycles. The van der Waals surface area contributed by atoms with Gasteiger partial charge in [0.15, 0.2) is 5.76 Å². The van der Waals surface area contributed by atoms with E-state index in [9.17, 15) is 0 Å². The van der Waals surface area contributed by atoms with Crippen molar-refractivity contribution in [2.24, 2.45) is 0 Å². The van der Waals surface area contributed by atoms with Crippen LogP contribution in [0.2, 0.25) is 5.02 Å². The molecule has 5 nitrogen and oxygen atoms in total. The molecule has 1 aromatic carbocycles. The van der Waals surface area contributed by atoms with E-state index >= 15 is 0 Å². The topological polar surface area (TPSA) is 55.1 Å². The fourth-order valence-corrected chi connectivity index (χ4v) is 3.15. The highest BCUT2D eigenvalue weighted by atomic mass is 35.5. The van der Waals surface area contributed by atoms with E-state index in [0.717, 1.165) is 54.7 Å². The predicted octanol–water partition coefficient (Wildman–Crippen LogP) is 3.91. The van der Waals surface area contributed by atoms with Crippen LogP contribution >= 0.6 is 11.6 Å². The summed E-state index contributed by atoms with van der Waals surface area (Å²) in [5.74, 6) is 2.39. The summed E-state index contributed by atoms with van der Waals surface area (Å²) in [4.78, 5) is 15.8. The zero-order valence-corrected chi connectivity index (χ0v) is 14.8. The van der Waals surface area contributed by atoms with E-state index in [1.54, 1.807) is 6.20 Å². The van der Waals surface area contributed by atoms with Gasteiger partial charge in [-0.1, -0.05) is 18.5 Å². The Labute approximate surface area is 151 Å². The summed E-state index contributed by atoms with van der Waals surface area (Å²) < 4.78 is 5.92. The smallest absolute Gasteiger partial charge is 0.209 e. The third-order valence-corrected chi connectivity index (χ3v) is 4.68. The monoisotopic (exact) mass is 354 g/mol. The maximum atomic E-state index is 5.93. The van der Waals surface area contributed by atoms with Crippen molar-refractivity contribution < 1.29 is 4.42 Å². The number of hydrogen-bond acceptors (Lipinski definition) is 5. The summed E-state index contributed by atoms with van der Waals surface area (Å²) in [7, 11) is 0. The van der Waals surface area contributed by atoms with Crippen LogP contribution in [0, 0.1) is 0 Å². The lowest BCUT2D eigenvalue weighted by Crippen LogP contribution is -2.31. The molecule has 0 amide bonds. The Hall–Kier alpha value is -2.24. The van der Waals surface area contributed by atoms with Gasteiger partial charge in [0.2, 0.25) is 5.89 Å². The minimum absolute atomic E-state index is 0.679. The second kappa shape index (κ2) is 6.94. The molecule has 3 aromatic rings. The molecular formula is C19H19ClN4O. The molecule has 0 atom stereocenters. The predicted molar refractivity (Wildman–Crippen MR) is 96.2 cm³/mol. The van der Waals surface area contributed by atoms with Crippen LogP contribution in [0.5, 0.6) is 0 Å². The van der Waals surface area contributed by atoms with Crippen molar-refractivity contribution in [1.82, 2.24) is 19.9 Å². The zero-order chi connectivity index (χ0) is 17.2. The van der Waals surface area contributed by atoms with E-state index in [1.807, 2.05) is 30.5 Å². The Bertz CT molecular complexity index is 875. The molecule has 0 N–H and O–H groups in total. The maximum absolute atomic E-state index is 5.93. The van der Waals surface area contributed by atoms with Crippen LogP contribution in [-0.4, -0.2) is 26.4 Å². The number of benzene rings is 1. The first-order valence-electron chi connectivity index (χ1n) is 8.48. The molecule has 6 heteroatoms. The van der Waals surface area contributed by atoms with E-state index in [1.165, 1.54) is 5.56 Å². The number of aryl methyl sites for hydroxylation is 1. The van der Waals surface area contributed by atoms with Crippen molar-refractivity contribution in [1.29, 1.82) is 0 Å². The van der Waals surface area contributed by atoms with Crippen LogP contribution in [0.25, 0.3) is 11.3 Å². The molecule has 25 heavy (non-hydrogen) atoms. The molecule has 0 bridgehead atoms. The van der Waals surface area contributed by atoms with E-state index in [-0.39, 0.29) is 0 Å². The van der Waals surface area contributed by atoms with Crippen LogP contribution in [-0.2, 0) is 25.9 Å². The fourth-order valence-electron chi connectivity index (χ4n) is 3.03. The van der Waals surface area contributed by atoms with Crippen LogP contribution in [0.15, 0.2) is 41.1 Å². The quantitative estimate of drug-likeness (QED) is 0.711. The van der Waals surface area contributed by atoms with Gasteiger partial charge in [-0.05, 0) is 36.2 Å². The van der Waals surface area contributed by atoms with Crippen LogP contribution in [0.1, 0.15) is 29.9 Å². The Morgan fingerprint density at radius 1 is 1.16 bits per heavy atom. The molecule has 128 valence electrons. The summed E-state index contributed by atoms with van der Waals surface area (Å²) in [6, 6.07) is 7.58. The first-order chi connectivity index (χ1) is 12.2. The molecule has 0 radical (unpaired) electrons. The lowest BCUT2D eigenvalue weighted by molar-refractivity contribution is 0.218. The minimum atomic E-state index is 0.679. The van der Waals surface area contributed by atoms with Crippen LogP contribution < -0.4 is 0 Å². The van der Waals surface area contributed by atoms with Gasteiger partial charge >= 0.3 is 0 Å². The number of rotatable bonds is 4. The summed E-state index contributed by atoms with van der Waals surface area (Å²) >= 11 is 5.93. The van der Waals surface area contributed by atoms with Crippen LogP contribution in [0.3, 0.4) is 0 Å². The third kappa shape index (κ3) is 3.57. The summed E-state index contributed by atoms with van der Waals surface area (Å²) in [5.41, 5.74) is 3.36.